The zero-order valence-electron chi connectivity index (χ0n) is 15.4. The molecule has 0 aromatic heterocycles. The van der Waals surface area contributed by atoms with Gasteiger partial charge in [-0.2, -0.15) is 0 Å². The molecule has 5 heteroatoms. The molecule has 25 heavy (non-hydrogen) atoms. The van der Waals surface area contributed by atoms with E-state index in [1.54, 1.807) is 18.7 Å². The second kappa shape index (κ2) is 7.75. The van der Waals surface area contributed by atoms with Crippen LogP contribution in [0.25, 0.3) is 0 Å². The molecule has 2 atom stereocenters. The van der Waals surface area contributed by atoms with Gasteiger partial charge in [-0.15, -0.1) is 0 Å². The van der Waals surface area contributed by atoms with Crippen molar-refractivity contribution in [3.05, 3.63) is 35.9 Å². The van der Waals surface area contributed by atoms with Gasteiger partial charge in [-0.05, 0) is 45.2 Å². The van der Waals surface area contributed by atoms with Gasteiger partial charge in [0.25, 0.3) is 0 Å². The van der Waals surface area contributed by atoms with Crippen LogP contribution in [0, 0.1) is 0 Å². The Morgan fingerprint density at radius 2 is 2.00 bits per heavy atom. The Kier molecular flexibility index (Phi) is 5.64. The Labute approximate surface area is 151 Å². The van der Waals surface area contributed by atoms with Crippen LogP contribution in [0.4, 0.5) is 4.79 Å². The monoisotopic (exact) mass is 345 g/mol. The lowest BCUT2D eigenvalue weighted by Gasteiger charge is -2.34. The van der Waals surface area contributed by atoms with Gasteiger partial charge in [0.1, 0.15) is 0 Å². The second-order valence-corrected chi connectivity index (χ2v) is 8.10. The molecule has 2 fully saturated rings. The summed E-state index contributed by atoms with van der Waals surface area (Å²) in [6.45, 7) is 6.56. The maximum Gasteiger partial charge on any atom is 0.318 e. The van der Waals surface area contributed by atoms with Gasteiger partial charge in [0.05, 0.1) is 12.1 Å². The van der Waals surface area contributed by atoms with Crippen molar-refractivity contribution in [2.45, 2.75) is 63.8 Å². The van der Waals surface area contributed by atoms with Crippen LogP contribution in [0.15, 0.2) is 30.3 Å². The van der Waals surface area contributed by atoms with E-state index in [0.717, 1.165) is 25.1 Å². The van der Waals surface area contributed by atoms with Crippen LogP contribution in [0.3, 0.4) is 0 Å². The maximum atomic E-state index is 12.9. The van der Waals surface area contributed by atoms with E-state index in [9.17, 15) is 9.90 Å². The van der Waals surface area contributed by atoms with Crippen LogP contribution < -0.4 is 5.32 Å². The fourth-order valence-electron chi connectivity index (χ4n) is 4.14. The van der Waals surface area contributed by atoms with E-state index in [2.05, 4.69) is 10.2 Å². The number of benzene rings is 1. The average molecular weight is 345 g/mol. The first-order chi connectivity index (χ1) is 11.9. The Hall–Kier alpha value is -1.59. The van der Waals surface area contributed by atoms with Crippen molar-refractivity contribution in [2.75, 3.05) is 19.6 Å². The van der Waals surface area contributed by atoms with E-state index in [4.69, 9.17) is 0 Å². The molecule has 138 valence electrons. The summed E-state index contributed by atoms with van der Waals surface area (Å²) in [4.78, 5) is 17.2. The van der Waals surface area contributed by atoms with Gasteiger partial charge in [-0.1, -0.05) is 36.8 Å². The molecule has 1 aromatic carbocycles. The number of fused-ring (bicyclic) bond motifs is 1. The first kappa shape index (κ1) is 18.2. The number of hydrogen-bond acceptors (Lipinski definition) is 3. The molecule has 0 saturated carbocycles. The molecule has 5 nitrogen and oxygen atoms in total. The van der Waals surface area contributed by atoms with E-state index in [1.807, 2.05) is 30.3 Å². The largest absolute Gasteiger partial charge is 0.389 e. The summed E-state index contributed by atoms with van der Waals surface area (Å²) in [7, 11) is 0. The first-order valence-corrected chi connectivity index (χ1v) is 9.48. The number of rotatable bonds is 5. The number of carbonyl (C=O) groups excluding carboxylic acids is 1. The fraction of sp³-hybridized carbons (Fsp3) is 0.650. The third-order valence-electron chi connectivity index (χ3n) is 5.25. The predicted molar refractivity (Wildman–Crippen MR) is 99.3 cm³/mol. The fourth-order valence-corrected chi connectivity index (χ4v) is 4.14. The topological polar surface area (TPSA) is 55.8 Å². The first-order valence-electron chi connectivity index (χ1n) is 9.48. The molecule has 3 rings (SSSR count). The number of aliphatic hydroxyl groups is 1. The number of carbonyl (C=O) groups is 1. The highest BCUT2D eigenvalue weighted by Crippen LogP contribution is 2.27. The summed E-state index contributed by atoms with van der Waals surface area (Å²) < 4.78 is 0. The van der Waals surface area contributed by atoms with Crippen molar-refractivity contribution in [3.63, 3.8) is 0 Å². The van der Waals surface area contributed by atoms with Crippen LogP contribution in [0.5, 0.6) is 0 Å². The smallest absolute Gasteiger partial charge is 0.318 e. The van der Waals surface area contributed by atoms with E-state index in [1.165, 1.54) is 19.3 Å². The molecule has 2 heterocycles. The third-order valence-corrected chi connectivity index (χ3v) is 5.25. The summed E-state index contributed by atoms with van der Waals surface area (Å²) in [5, 5.41) is 13.5. The molecule has 0 aliphatic carbocycles. The molecule has 2 saturated heterocycles. The van der Waals surface area contributed by atoms with Crippen molar-refractivity contribution in [1.29, 1.82) is 0 Å². The lowest BCUT2D eigenvalue weighted by Crippen LogP contribution is -2.52. The van der Waals surface area contributed by atoms with E-state index in [-0.39, 0.29) is 12.1 Å². The quantitative estimate of drug-likeness (QED) is 0.862. The van der Waals surface area contributed by atoms with Crippen LogP contribution >= 0.6 is 0 Å². The molecular weight excluding hydrogens is 314 g/mol. The molecule has 2 N–H and O–H groups in total. The van der Waals surface area contributed by atoms with Crippen LogP contribution in [-0.4, -0.2) is 58.3 Å². The predicted octanol–water partition coefficient (Wildman–Crippen LogP) is 2.60. The molecule has 2 aliphatic heterocycles. The summed E-state index contributed by atoms with van der Waals surface area (Å²) in [6, 6.07) is 10.6. The van der Waals surface area contributed by atoms with Gasteiger partial charge in [-0.3, -0.25) is 4.90 Å². The minimum atomic E-state index is -0.918. The van der Waals surface area contributed by atoms with Gasteiger partial charge in [0.2, 0.25) is 0 Å². The van der Waals surface area contributed by atoms with Crippen molar-refractivity contribution >= 4 is 6.03 Å². The molecule has 0 bridgehead atoms. The van der Waals surface area contributed by atoms with Gasteiger partial charge >= 0.3 is 6.03 Å². The molecule has 0 radical (unpaired) electrons. The second-order valence-electron chi connectivity index (χ2n) is 8.10. The van der Waals surface area contributed by atoms with Gasteiger partial charge in [-0.25, -0.2) is 4.79 Å². The average Bonchev–Trinajstić information content (AvgIpc) is 2.97. The van der Waals surface area contributed by atoms with Gasteiger partial charge in [0, 0.05) is 25.2 Å². The Morgan fingerprint density at radius 1 is 1.24 bits per heavy atom. The standard InChI is InChI=1S/C20H31N3O2/c1-20(2,25)15-23(14-16-8-4-3-5-9-16)19(24)21-17-11-13-22-12-7-6-10-18(17)22/h3-5,8-9,17-18,25H,6-7,10-15H2,1-2H3,(H,21,24). The Balaban J connectivity index is 1.66. The molecule has 2 aliphatic rings. The van der Waals surface area contributed by atoms with E-state index >= 15 is 0 Å². The van der Waals surface area contributed by atoms with Gasteiger partial charge in [0.15, 0.2) is 0 Å². The number of nitrogens with one attached hydrogen (secondary N) is 1. The summed E-state index contributed by atoms with van der Waals surface area (Å²) in [5.41, 5.74) is 0.159. The molecule has 2 amide bonds. The molecule has 2 unspecified atom stereocenters. The zero-order valence-corrected chi connectivity index (χ0v) is 15.4. The number of hydrogen-bond donors (Lipinski definition) is 2. The van der Waals surface area contributed by atoms with Crippen LogP contribution in [0.1, 0.15) is 45.1 Å². The molecule has 1 aromatic rings. The van der Waals surface area contributed by atoms with E-state index < -0.39 is 5.60 Å². The van der Waals surface area contributed by atoms with Crippen molar-refractivity contribution in [2.24, 2.45) is 0 Å². The summed E-state index contributed by atoms with van der Waals surface area (Å²) >= 11 is 0. The minimum Gasteiger partial charge on any atom is -0.389 e. The lowest BCUT2D eigenvalue weighted by atomic mass is 9.99. The SMILES string of the molecule is CC(C)(O)CN(Cc1ccccc1)C(=O)NC1CCN2CCCCC12. The third kappa shape index (κ3) is 4.95. The number of nitrogens with zero attached hydrogens (tertiary/aromatic N) is 2. The summed E-state index contributed by atoms with van der Waals surface area (Å²) in [5.74, 6) is 0. The summed E-state index contributed by atoms with van der Waals surface area (Å²) in [6.07, 6.45) is 4.73. The van der Waals surface area contributed by atoms with E-state index in [0.29, 0.717) is 19.1 Å². The number of piperidine rings is 1. The molecule has 0 spiro atoms. The highest BCUT2D eigenvalue weighted by atomic mass is 16.3. The van der Waals surface area contributed by atoms with Crippen LogP contribution in [-0.2, 0) is 6.54 Å². The highest BCUT2D eigenvalue weighted by molar-refractivity contribution is 5.74. The normalized spacial score (nSPS) is 24.0. The van der Waals surface area contributed by atoms with Crippen LogP contribution in [0.2, 0.25) is 0 Å². The number of amides is 2. The number of urea groups is 1. The lowest BCUT2D eigenvalue weighted by molar-refractivity contribution is 0.0438. The van der Waals surface area contributed by atoms with Gasteiger partial charge < -0.3 is 15.3 Å². The van der Waals surface area contributed by atoms with Crippen molar-refractivity contribution < 1.29 is 9.90 Å². The highest BCUT2D eigenvalue weighted by Gasteiger charge is 2.37. The Bertz CT molecular complexity index is 570. The van der Waals surface area contributed by atoms with Crippen molar-refractivity contribution in [3.8, 4) is 0 Å². The minimum absolute atomic E-state index is 0.0663. The Morgan fingerprint density at radius 3 is 2.72 bits per heavy atom. The zero-order chi connectivity index (χ0) is 17.9. The molecular formula is C20H31N3O2. The van der Waals surface area contributed by atoms with Crippen molar-refractivity contribution in [1.82, 2.24) is 15.1 Å². The maximum absolute atomic E-state index is 12.9.